The molecule has 0 aliphatic heterocycles. The zero-order valence-electron chi connectivity index (χ0n) is 11.5. The van der Waals surface area contributed by atoms with Gasteiger partial charge in [-0.3, -0.25) is 0 Å². The molecule has 0 aliphatic carbocycles. The van der Waals surface area contributed by atoms with Gasteiger partial charge in [0, 0.05) is 12.1 Å². The van der Waals surface area contributed by atoms with Crippen molar-refractivity contribution in [3.05, 3.63) is 29.8 Å². The molecule has 0 saturated carbocycles. The molecule has 0 atom stereocenters. The summed E-state index contributed by atoms with van der Waals surface area (Å²) >= 11 is 0. The highest BCUT2D eigenvalue weighted by Gasteiger charge is 2.08. The molecule has 0 bridgehead atoms. The second-order valence-electron chi connectivity index (χ2n) is 4.05. The number of aromatic nitrogens is 3. The third kappa shape index (κ3) is 3.19. The van der Waals surface area contributed by atoms with Crippen molar-refractivity contribution < 1.29 is 4.74 Å². The lowest BCUT2D eigenvalue weighted by molar-refractivity contribution is 0.379. The highest BCUT2D eigenvalue weighted by molar-refractivity contribution is 5.57. The molecule has 0 amide bonds. The van der Waals surface area contributed by atoms with Crippen LogP contribution in [0.25, 0.3) is 11.4 Å². The Hall–Kier alpha value is -2.17. The summed E-state index contributed by atoms with van der Waals surface area (Å²) in [5.41, 5.74) is 2.22. The SMILES string of the molecule is CCNc1nc(OC)nc(-c2cccc(CC)c2)n1. The van der Waals surface area contributed by atoms with Gasteiger partial charge in [0.2, 0.25) is 5.95 Å². The second kappa shape index (κ2) is 6.13. The molecular formula is C14H18N4O. The number of hydrogen-bond donors (Lipinski definition) is 1. The van der Waals surface area contributed by atoms with Crippen molar-refractivity contribution in [2.75, 3.05) is 19.0 Å². The third-order valence-corrected chi connectivity index (χ3v) is 2.73. The monoisotopic (exact) mass is 258 g/mol. The zero-order chi connectivity index (χ0) is 13.7. The molecule has 2 aromatic rings. The van der Waals surface area contributed by atoms with Crippen LogP contribution in [0.2, 0.25) is 0 Å². The first-order chi connectivity index (χ1) is 9.26. The van der Waals surface area contributed by atoms with Crippen LogP contribution >= 0.6 is 0 Å². The number of rotatable bonds is 5. The van der Waals surface area contributed by atoms with Gasteiger partial charge in [0.15, 0.2) is 5.82 Å². The van der Waals surface area contributed by atoms with Crippen LogP contribution in [0.3, 0.4) is 0 Å². The predicted octanol–water partition coefficient (Wildman–Crippen LogP) is 2.54. The molecular weight excluding hydrogens is 240 g/mol. The summed E-state index contributed by atoms with van der Waals surface area (Å²) in [4.78, 5) is 12.9. The summed E-state index contributed by atoms with van der Waals surface area (Å²) in [5.74, 6) is 1.16. The van der Waals surface area contributed by atoms with Crippen molar-refractivity contribution in [1.82, 2.24) is 15.0 Å². The second-order valence-corrected chi connectivity index (χ2v) is 4.05. The van der Waals surface area contributed by atoms with Crippen LogP contribution in [-0.2, 0) is 6.42 Å². The van der Waals surface area contributed by atoms with E-state index < -0.39 is 0 Å². The van der Waals surface area contributed by atoms with Crippen molar-refractivity contribution in [2.24, 2.45) is 0 Å². The molecule has 19 heavy (non-hydrogen) atoms. The van der Waals surface area contributed by atoms with E-state index in [-0.39, 0.29) is 0 Å². The van der Waals surface area contributed by atoms with Crippen LogP contribution in [0.1, 0.15) is 19.4 Å². The Bertz CT molecular complexity index is 557. The van der Waals surface area contributed by atoms with E-state index in [4.69, 9.17) is 4.74 Å². The van der Waals surface area contributed by atoms with Crippen LogP contribution in [0.5, 0.6) is 6.01 Å². The number of ether oxygens (including phenoxy) is 1. The maximum Gasteiger partial charge on any atom is 0.321 e. The molecule has 0 fully saturated rings. The Labute approximate surface area is 113 Å². The molecule has 100 valence electrons. The van der Waals surface area contributed by atoms with Gasteiger partial charge in [-0.1, -0.05) is 25.1 Å². The van der Waals surface area contributed by atoms with Gasteiger partial charge >= 0.3 is 6.01 Å². The molecule has 2 rings (SSSR count). The fraction of sp³-hybridized carbons (Fsp3) is 0.357. The summed E-state index contributed by atoms with van der Waals surface area (Å²) in [5, 5.41) is 3.08. The number of anilines is 1. The van der Waals surface area contributed by atoms with Crippen molar-refractivity contribution in [3.63, 3.8) is 0 Å². The Balaban J connectivity index is 2.44. The van der Waals surface area contributed by atoms with Gasteiger partial charge in [-0.15, -0.1) is 0 Å². The molecule has 1 aromatic carbocycles. The number of nitrogens with one attached hydrogen (secondary N) is 1. The molecule has 0 saturated heterocycles. The number of hydrogen-bond acceptors (Lipinski definition) is 5. The maximum absolute atomic E-state index is 5.12. The predicted molar refractivity (Wildman–Crippen MR) is 75.4 cm³/mol. The van der Waals surface area contributed by atoms with Crippen LogP contribution in [0.15, 0.2) is 24.3 Å². The van der Waals surface area contributed by atoms with Crippen molar-refractivity contribution >= 4 is 5.95 Å². The molecule has 5 heteroatoms. The van der Waals surface area contributed by atoms with E-state index in [1.807, 2.05) is 19.1 Å². The minimum absolute atomic E-state index is 0.322. The van der Waals surface area contributed by atoms with Gasteiger partial charge in [0.1, 0.15) is 0 Å². The molecule has 5 nitrogen and oxygen atoms in total. The maximum atomic E-state index is 5.12. The van der Waals surface area contributed by atoms with E-state index in [9.17, 15) is 0 Å². The Kier molecular flexibility index (Phi) is 4.28. The van der Waals surface area contributed by atoms with Crippen molar-refractivity contribution in [1.29, 1.82) is 0 Å². The van der Waals surface area contributed by atoms with Crippen LogP contribution < -0.4 is 10.1 Å². The number of methoxy groups -OCH3 is 1. The first-order valence-electron chi connectivity index (χ1n) is 6.40. The zero-order valence-corrected chi connectivity index (χ0v) is 11.5. The number of nitrogens with zero attached hydrogens (tertiary/aromatic N) is 3. The van der Waals surface area contributed by atoms with Gasteiger partial charge < -0.3 is 10.1 Å². The summed E-state index contributed by atoms with van der Waals surface area (Å²) in [6.45, 7) is 4.87. The quantitative estimate of drug-likeness (QED) is 0.893. The van der Waals surface area contributed by atoms with Crippen molar-refractivity contribution in [3.8, 4) is 17.4 Å². The van der Waals surface area contributed by atoms with Gasteiger partial charge in [-0.25, -0.2) is 0 Å². The van der Waals surface area contributed by atoms with Gasteiger partial charge in [-0.2, -0.15) is 15.0 Å². The van der Waals surface area contributed by atoms with E-state index >= 15 is 0 Å². The lowest BCUT2D eigenvalue weighted by Crippen LogP contribution is -2.06. The summed E-state index contributed by atoms with van der Waals surface area (Å²) in [6.07, 6.45) is 0.982. The first-order valence-corrected chi connectivity index (χ1v) is 6.40. The fourth-order valence-electron chi connectivity index (χ4n) is 1.74. The lowest BCUT2D eigenvalue weighted by Gasteiger charge is -2.07. The highest BCUT2D eigenvalue weighted by atomic mass is 16.5. The molecule has 0 unspecified atom stereocenters. The smallest absolute Gasteiger partial charge is 0.321 e. The summed E-state index contributed by atoms with van der Waals surface area (Å²) < 4.78 is 5.12. The molecule has 0 aliphatic rings. The Morgan fingerprint density at radius 3 is 2.68 bits per heavy atom. The highest BCUT2D eigenvalue weighted by Crippen LogP contribution is 2.20. The van der Waals surface area contributed by atoms with Crippen LogP contribution in [0, 0.1) is 0 Å². The van der Waals surface area contributed by atoms with Gasteiger partial charge in [-0.05, 0) is 25.0 Å². The molecule has 0 radical (unpaired) electrons. The molecule has 1 N–H and O–H groups in total. The summed E-state index contributed by atoms with van der Waals surface area (Å²) in [6, 6.07) is 8.50. The van der Waals surface area contributed by atoms with E-state index in [1.54, 1.807) is 7.11 Å². The average molecular weight is 258 g/mol. The average Bonchev–Trinajstić information content (AvgIpc) is 2.47. The summed E-state index contributed by atoms with van der Waals surface area (Å²) in [7, 11) is 1.55. The number of benzene rings is 1. The van der Waals surface area contributed by atoms with Crippen LogP contribution in [0.4, 0.5) is 5.95 Å². The van der Waals surface area contributed by atoms with Crippen LogP contribution in [-0.4, -0.2) is 28.6 Å². The van der Waals surface area contributed by atoms with E-state index in [2.05, 4.69) is 39.3 Å². The van der Waals surface area contributed by atoms with Gasteiger partial charge in [0.25, 0.3) is 0 Å². The van der Waals surface area contributed by atoms with E-state index in [1.165, 1.54) is 5.56 Å². The minimum Gasteiger partial charge on any atom is -0.467 e. The third-order valence-electron chi connectivity index (χ3n) is 2.73. The Morgan fingerprint density at radius 2 is 2.00 bits per heavy atom. The lowest BCUT2D eigenvalue weighted by atomic mass is 10.1. The molecule has 1 heterocycles. The standard InChI is InChI=1S/C14H18N4O/c1-4-10-7-6-8-11(9-10)12-16-13(15-5-2)18-14(17-12)19-3/h6-9H,4-5H2,1-3H3,(H,15,16,17,18). The van der Waals surface area contributed by atoms with Gasteiger partial charge in [0.05, 0.1) is 7.11 Å². The normalized spacial score (nSPS) is 10.3. The molecule has 1 aromatic heterocycles. The molecule has 0 spiro atoms. The van der Waals surface area contributed by atoms with Crippen molar-refractivity contribution in [2.45, 2.75) is 20.3 Å². The van der Waals surface area contributed by atoms with E-state index in [0.29, 0.717) is 17.8 Å². The topological polar surface area (TPSA) is 59.9 Å². The first kappa shape index (κ1) is 13.3. The number of aryl methyl sites for hydroxylation is 1. The largest absolute Gasteiger partial charge is 0.467 e. The van der Waals surface area contributed by atoms with E-state index in [0.717, 1.165) is 18.5 Å². The Morgan fingerprint density at radius 1 is 1.16 bits per heavy atom. The fourth-order valence-corrected chi connectivity index (χ4v) is 1.74. The minimum atomic E-state index is 0.322.